The fourth-order valence-electron chi connectivity index (χ4n) is 0.954. The Kier molecular flexibility index (Phi) is 3.00. The highest BCUT2D eigenvalue weighted by atomic mass is 32.2. The molecule has 0 saturated heterocycles. The Morgan fingerprint density at radius 2 is 2.50 bits per heavy atom. The summed E-state index contributed by atoms with van der Waals surface area (Å²) in [7, 11) is 0. The van der Waals surface area contributed by atoms with Crippen molar-refractivity contribution >= 4 is 28.9 Å². The van der Waals surface area contributed by atoms with Crippen LogP contribution in [0.1, 0.15) is 0 Å². The van der Waals surface area contributed by atoms with Crippen molar-refractivity contribution < 1.29 is 0 Å². The number of nitrogen functional groups attached to an aromatic ring is 1. The van der Waals surface area contributed by atoms with Gasteiger partial charge >= 0.3 is 0 Å². The van der Waals surface area contributed by atoms with Crippen LogP contribution < -0.4 is 5.73 Å². The van der Waals surface area contributed by atoms with E-state index in [1.165, 1.54) is 0 Å². The molecule has 0 radical (unpaired) electrons. The first-order valence-electron chi connectivity index (χ1n) is 4.02. The zero-order valence-electron chi connectivity index (χ0n) is 7.33. The first-order valence-corrected chi connectivity index (χ1v) is 5.89. The Bertz CT molecular complexity index is 382. The Labute approximate surface area is 89.3 Å². The van der Waals surface area contributed by atoms with E-state index in [9.17, 15) is 0 Å². The second-order valence-electron chi connectivity index (χ2n) is 2.56. The van der Waals surface area contributed by atoms with Gasteiger partial charge in [-0.2, -0.15) is 5.10 Å². The molecule has 0 aromatic carbocycles. The van der Waals surface area contributed by atoms with Gasteiger partial charge in [0.05, 0.1) is 6.54 Å². The van der Waals surface area contributed by atoms with Gasteiger partial charge in [0, 0.05) is 11.9 Å². The van der Waals surface area contributed by atoms with Gasteiger partial charge in [0.1, 0.15) is 11.3 Å². The third kappa shape index (κ3) is 2.46. The van der Waals surface area contributed by atoms with E-state index >= 15 is 0 Å². The van der Waals surface area contributed by atoms with E-state index in [0.29, 0.717) is 5.82 Å². The fourth-order valence-corrected chi connectivity index (χ4v) is 2.44. The second kappa shape index (κ2) is 4.43. The lowest BCUT2D eigenvalue weighted by Gasteiger charge is -1.98. The average molecular weight is 227 g/mol. The minimum Gasteiger partial charge on any atom is -0.382 e. The van der Waals surface area contributed by atoms with Crippen molar-refractivity contribution in [2.24, 2.45) is 0 Å². The molecule has 5 nitrogen and oxygen atoms in total. The lowest BCUT2D eigenvalue weighted by Crippen LogP contribution is -2.01. The summed E-state index contributed by atoms with van der Waals surface area (Å²) in [6.07, 6.45) is 1.87. The van der Waals surface area contributed by atoms with Crippen LogP contribution in [-0.2, 0) is 6.54 Å². The Morgan fingerprint density at radius 3 is 3.14 bits per heavy atom. The lowest BCUT2D eigenvalue weighted by atomic mass is 10.7. The Morgan fingerprint density at radius 1 is 1.57 bits per heavy atom. The van der Waals surface area contributed by atoms with Crippen LogP contribution in [0.2, 0.25) is 0 Å². The fraction of sp³-hybridized carbons (Fsp3) is 0.286. The summed E-state index contributed by atoms with van der Waals surface area (Å²) in [6, 6.07) is 1.79. The molecule has 0 atom stereocenters. The molecular formula is C7H9N5S2. The van der Waals surface area contributed by atoms with E-state index in [4.69, 9.17) is 5.73 Å². The maximum atomic E-state index is 5.49. The zero-order chi connectivity index (χ0) is 9.80. The topological polar surface area (TPSA) is 69.6 Å². The number of hydrogen-bond donors (Lipinski definition) is 1. The van der Waals surface area contributed by atoms with Gasteiger partial charge in [0.2, 0.25) is 0 Å². The average Bonchev–Trinajstić information content (AvgIpc) is 2.77. The molecule has 0 spiro atoms. The molecule has 0 saturated carbocycles. The smallest absolute Gasteiger partial charge is 0.174 e. The molecule has 0 aliphatic heterocycles. The van der Waals surface area contributed by atoms with E-state index < -0.39 is 0 Å². The molecule has 0 aliphatic carbocycles. The van der Waals surface area contributed by atoms with E-state index in [0.717, 1.165) is 16.6 Å². The van der Waals surface area contributed by atoms with Gasteiger partial charge in [-0.25, -0.2) is 0 Å². The monoisotopic (exact) mass is 227 g/mol. The molecule has 0 bridgehead atoms. The Balaban J connectivity index is 1.78. The SMILES string of the molecule is Nc1ccn(CCSc2nncs2)n1. The summed E-state index contributed by atoms with van der Waals surface area (Å²) in [4.78, 5) is 0. The quantitative estimate of drug-likeness (QED) is 0.792. The summed E-state index contributed by atoms with van der Waals surface area (Å²) >= 11 is 3.22. The highest BCUT2D eigenvalue weighted by Crippen LogP contribution is 2.18. The van der Waals surface area contributed by atoms with Gasteiger partial charge in [-0.3, -0.25) is 4.68 Å². The van der Waals surface area contributed by atoms with E-state index in [-0.39, 0.29) is 0 Å². The minimum absolute atomic E-state index is 0.561. The number of hydrogen-bond acceptors (Lipinski definition) is 6. The van der Waals surface area contributed by atoms with Crippen molar-refractivity contribution in [3.63, 3.8) is 0 Å². The minimum atomic E-state index is 0.561. The normalized spacial score (nSPS) is 10.6. The molecule has 2 rings (SSSR count). The van der Waals surface area contributed by atoms with Gasteiger partial charge < -0.3 is 5.73 Å². The van der Waals surface area contributed by atoms with Crippen LogP contribution in [-0.4, -0.2) is 25.7 Å². The Hall–Kier alpha value is -1.08. The summed E-state index contributed by atoms with van der Waals surface area (Å²) in [5.41, 5.74) is 7.22. The highest BCUT2D eigenvalue weighted by Gasteiger charge is 1.98. The predicted molar refractivity (Wildman–Crippen MR) is 57.3 cm³/mol. The van der Waals surface area contributed by atoms with Crippen LogP contribution in [0, 0.1) is 0 Å². The lowest BCUT2D eigenvalue weighted by molar-refractivity contribution is 0.669. The van der Waals surface area contributed by atoms with Gasteiger partial charge in [-0.05, 0) is 6.07 Å². The van der Waals surface area contributed by atoms with Crippen molar-refractivity contribution in [3.05, 3.63) is 17.8 Å². The molecule has 0 fully saturated rings. The summed E-state index contributed by atoms with van der Waals surface area (Å²) < 4.78 is 2.81. The van der Waals surface area contributed by atoms with Crippen molar-refractivity contribution in [2.75, 3.05) is 11.5 Å². The van der Waals surface area contributed by atoms with Crippen LogP contribution in [0.4, 0.5) is 5.82 Å². The summed E-state index contributed by atoms with van der Waals surface area (Å²) in [6.45, 7) is 0.835. The molecule has 0 unspecified atom stereocenters. The van der Waals surface area contributed by atoms with Gasteiger partial charge in [0.15, 0.2) is 4.34 Å². The summed E-state index contributed by atoms with van der Waals surface area (Å²) in [5, 5.41) is 11.8. The van der Waals surface area contributed by atoms with Crippen molar-refractivity contribution in [3.8, 4) is 0 Å². The number of anilines is 1. The van der Waals surface area contributed by atoms with Crippen LogP contribution in [0.25, 0.3) is 0 Å². The first-order chi connectivity index (χ1) is 6.84. The number of rotatable bonds is 4. The van der Waals surface area contributed by atoms with Gasteiger partial charge in [-0.15, -0.1) is 10.2 Å². The molecule has 74 valence electrons. The number of nitrogens with two attached hydrogens (primary N) is 1. The van der Waals surface area contributed by atoms with Crippen molar-refractivity contribution in [1.29, 1.82) is 0 Å². The van der Waals surface area contributed by atoms with Crippen molar-refractivity contribution in [2.45, 2.75) is 10.9 Å². The number of aromatic nitrogens is 4. The van der Waals surface area contributed by atoms with E-state index in [1.54, 1.807) is 34.7 Å². The second-order valence-corrected chi connectivity index (χ2v) is 4.73. The molecule has 0 aliphatic rings. The zero-order valence-corrected chi connectivity index (χ0v) is 8.96. The molecule has 2 aromatic heterocycles. The molecule has 2 N–H and O–H groups in total. The number of thioether (sulfide) groups is 1. The molecule has 7 heteroatoms. The van der Waals surface area contributed by atoms with Gasteiger partial charge in [-0.1, -0.05) is 23.1 Å². The third-order valence-corrected chi connectivity index (χ3v) is 3.39. The maximum Gasteiger partial charge on any atom is 0.174 e. The maximum absolute atomic E-state index is 5.49. The highest BCUT2D eigenvalue weighted by molar-refractivity contribution is 8.00. The number of nitrogens with zero attached hydrogens (tertiary/aromatic N) is 4. The van der Waals surface area contributed by atoms with Crippen LogP contribution in [0.5, 0.6) is 0 Å². The van der Waals surface area contributed by atoms with Crippen molar-refractivity contribution in [1.82, 2.24) is 20.0 Å². The predicted octanol–water partition coefficient (Wildman–Crippen LogP) is 1.11. The van der Waals surface area contributed by atoms with Gasteiger partial charge in [0.25, 0.3) is 0 Å². The number of aryl methyl sites for hydroxylation is 1. The van der Waals surface area contributed by atoms with Crippen LogP contribution >= 0.6 is 23.1 Å². The molecule has 0 amide bonds. The first kappa shape index (κ1) is 9.47. The van der Waals surface area contributed by atoms with Crippen LogP contribution in [0.3, 0.4) is 0 Å². The summed E-state index contributed by atoms with van der Waals surface area (Å²) in [5.74, 6) is 1.49. The molecular weight excluding hydrogens is 218 g/mol. The van der Waals surface area contributed by atoms with Crippen LogP contribution in [0.15, 0.2) is 22.1 Å². The molecule has 14 heavy (non-hydrogen) atoms. The van der Waals surface area contributed by atoms with E-state index in [1.807, 2.05) is 10.9 Å². The third-order valence-electron chi connectivity index (χ3n) is 1.55. The largest absolute Gasteiger partial charge is 0.382 e. The van der Waals surface area contributed by atoms with E-state index in [2.05, 4.69) is 15.3 Å². The molecule has 2 heterocycles. The molecule has 2 aromatic rings. The standard InChI is InChI=1S/C7H9N5S2/c8-6-1-2-12(11-6)3-4-13-7-10-9-5-14-7/h1-2,5H,3-4H2,(H2,8,11).